The molecule has 2 rings (SSSR count). The molecule has 100 valence electrons. The van der Waals surface area contributed by atoms with Crippen LogP contribution >= 0.6 is 0 Å². The zero-order valence-electron chi connectivity index (χ0n) is 11.3. The Morgan fingerprint density at radius 1 is 1.61 bits per heavy atom. The van der Waals surface area contributed by atoms with E-state index in [2.05, 4.69) is 23.4 Å². The molecule has 1 aromatic heterocycles. The van der Waals surface area contributed by atoms with Crippen LogP contribution in [0.15, 0.2) is 12.4 Å². The van der Waals surface area contributed by atoms with Gasteiger partial charge in [0.25, 0.3) is 0 Å². The third kappa shape index (κ3) is 2.14. The summed E-state index contributed by atoms with van der Waals surface area (Å²) < 4.78 is 2.10. The molecular formula is C13H21N3O2. The second-order valence-corrected chi connectivity index (χ2v) is 5.45. The maximum absolute atomic E-state index is 11.4. The van der Waals surface area contributed by atoms with Gasteiger partial charge in [-0.05, 0) is 40.2 Å². The fourth-order valence-electron chi connectivity index (χ4n) is 2.62. The van der Waals surface area contributed by atoms with Crippen molar-refractivity contribution in [1.82, 2.24) is 14.5 Å². The van der Waals surface area contributed by atoms with Crippen LogP contribution in [0.4, 0.5) is 0 Å². The summed E-state index contributed by atoms with van der Waals surface area (Å²) >= 11 is 0. The summed E-state index contributed by atoms with van der Waals surface area (Å²) in [6.07, 6.45) is 5.38. The number of carboxylic acid groups (broad SMARTS) is 1. The molecule has 5 nitrogen and oxygen atoms in total. The Bertz CT molecular complexity index is 441. The highest BCUT2D eigenvalue weighted by Crippen LogP contribution is 2.30. The summed E-state index contributed by atoms with van der Waals surface area (Å²) in [7, 11) is 0. The van der Waals surface area contributed by atoms with Gasteiger partial charge in [0.15, 0.2) is 0 Å². The van der Waals surface area contributed by atoms with Gasteiger partial charge in [-0.25, -0.2) is 4.98 Å². The van der Waals surface area contributed by atoms with Crippen LogP contribution in [0.1, 0.15) is 45.5 Å². The van der Waals surface area contributed by atoms with Crippen molar-refractivity contribution in [2.24, 2.45) is 0 Å². The second kappa shape index (κ2) is 4.72. The smallest absolute Gasteiger partial charge is 0.323 e. The van der Waals surface area contributed by atoms with Crippen LogP contribution in [0.5, 0.6) is 0 Å². The van der Waals surface area contributed by atoms with E-state index in [0.717, 1.165) is 18.8 Å². The van der Waals surface area contributed by atoms with Crippen molar-refractivity contribution in [1.29, 1.82) is 0 Å². The standard InChI is InChI=1S/C13H21N3O2/c1-10(2)16-8-6-14-11(16)9-15-7-4-5-13(15,3)12(17)18/h6,8,10H,4-5,7,9H2,1-3H3,(H,17,18). The topological polar surface area (TPSA) is 58.4 Å². The van der Waals surface area contributed by atoms with Crippen molar-refractivity contribution in [3.63, 3.8) is 0 Å². The Labute approximate surface area is 107 Å². The molecule has 0 aromatic carbocycles. The molecule has 0 saturated carbocycles. The van der Waals surface area contributed by atoms with E-state index in [9.17, 15) is 9.90 Å². The molecular weight excluding hydrogens is 230 g/mol. The first-order chi connectivity index (χ1) is 8.45. The molecule has 1 atom stereocenters. The summed E-state index contributed by atoms with van der Waals surface area (Å²) in [4.78, 5) is 17.8. The lowest BCUT2D eigenvalue weighted by molar-refractivity contribution is -0.149. The highest BCUT2D eigenvalue weighted by atomic mass is 16.4. The monoisotopic (exact) mass is 251 g/mol. The quantitative estimate of drug-likeness (QED) is 0.888. The lowest BCUT2D eigenvalue weighted by atomic mass is 9.99. The van der Waals surface area contributed by atoms with Gasteiger partial charge < -0.3 is 9.67 Å². The first-order valence-electron chi connectivity index (χ1n) is 6.45. The number of rotatable bonds is 4. The van der Waals surface area contributed by atoms with Crippen LogP contribution in [0.25, 0.3) is 0 Å². The SMILES string of the molecule is CC(C)n1ccnc1CN1CCCC1(C)C(=O)O. The predicted molar refractivity (Wildman–Crippen MR) is 68.3 cm³/mol. The van der Waals surface area contributed by atoms with Crippen LogP contribution in [-0.2, 0) is 11.3 Å². The molecule has 1 saturated heterocycles. The van der Waals surface area contributed by atoms with Crippen LogP contribution < -0.4 is 0 Å². The number of aliphatic carboxylic acids is 1. The maximum atomic E-state index is 11.4. The first-order valence-corrected chi connectivity index (χ1v) is 6.45. The molecule has 5 heteroatoms. The molecule has 0 aliphatic carbocycles. The molecule has 1 aromatic rings. The third-order valence-corrected chi connectivity index (χ3v) is 3.89. The van der Waals surface area contributed by atoms with E-state index in [1.165, 1.54) is 0 Å². The lowest BCUT2D eigenvalue weighted by Gasteiger charge is -2.31. The zero-order valence-corrected chi connectivity index (χ0v) is 11.3. The minimum absolute atomic E-state index is 0.348. The molecule has 1 fully saturated rings. The largest absolute Gasteiger partial charge is 0.480 e. The molecule has 2 heterocycles. The van der Waals surface area contributed by atoms with Crippen molar-refractivity contribution < 1.29 is 9.90 Å². The molecule has 18 heavy (non-hydrogen) atoms. The maximum Gasteiger partial charge on any atom is 0.323 e. The van der Waals surface area contributed by atoms with Gasteiger partial charge >= 0.3 is 5.97 Å². The summed E-state index contributed by atoms with van der Waals surface area (Å²) in [5.74, 6) is 0.210. The van der Waals surface area contributed by atoms with Crippen LogP contribution in [0, 0.1) is 0 Å². The van der Waals surface area contributed by atoms with E-state index in [-0.39, 0.29) is 0 Å². The summed E-state index contributed by atoms with van der Waals surface area (Å²) in [6.45, 7) is 7.45. The van der Waals surface area contributed by atoms with Gasteiger partial charge in [0.2, 0.25) is 0 Å². The molecule has 1 N–H and O–H groups in total. The summed E-state index contributed by atoms with van der Waals surface area (Å²) in [6, 6.07) is 0.348. The minimum Gasteiger partial charge on any atom is -0.480 e. The van der Waals surface area contributed by atoms with Gasteiger partial charge in [-0.2, -0.15) is 0 Å². The Balaban J connectivity index is 2.18. The molecule has 0 bridgehead atoms. The highest BCUT2D eigenvalue weighted by molar-refractivity contribution is 5.78. The van der Waals surface area contributed by atoms with Crippen molar-refractivity contribution in [2.75, 3.05) is 6.54 Å². The van der Waals surface area contributed by atoms with E-state index in [4.69, 9.17) is 0 Å². The van der Waals surface area contributed by atoms with E-state index in [0.29, 0.717) is 19.0 Å². The number of carboxylic acids is 1. The predicted octanol–water partition coefficient (Wildman–Crippen LogP) is 1.90. The third-order valence-electron chi connectivity index (χ3n) is 3.89. The highest BCUT2D eigenvalue weighted by Gasteiger charge is 2.43. The lowest BCUT2D eigenvalue weighted by Crippen LogP contribution is -2.47. The van der Waals surface area contributed by atoms with Crippen LogP contribution in [-0.4, -0.2) is 37.6 Å². The molecule has 1 aliphatic rings. The van der Waals surface area contributed by atoms with E-state index < -0.39 is 11.5 Å². The second-order valence-electron chi connectivity index (χ2n) is 5.45. The fourth-order valence-corrected chi connectivity index (χ4v) is 2.62. The summed E-state index contributed by atoms with van der Waals surface area (Å²) in [5, 5.41) is 9.38. The van der Waals surface area contributed by atoms with E-state index in [1.807, 2.05) is 18.0 Å². The number of aromatic nitrogens is 2. The Morgan fingerprint density at radius 3 is 2.94 bits per heavy atom. The van der Waals surface area contributed by atoms with Gasteiger partial charge in [-0.15, -0.1) is 0 Å². The zero-order chi connectivity index (χ0) is 13.3. The number of imidazole rings is 1. The van der Waals surface area contributed by atoms with Gasteiger partial charge in [-0.3, -0.25) is 9.69 Å². The molecule has 1 unspecified atom stereocenters. The van der Waals surface area contributed by atoms with Crippen molar-refractivity contribution >= 4 is 5.97 Å². The van der Waals surface area contributed by atoms with Crippen molar-refractivity contribution in [3.8, 4) is 0 Å². The Kier molecular flexibility index (Phi) is 3.43. The number of hydrogen-bond donors (Lipinski definition) is 1. The van der Waals surface area contributed by atoms with E-state index in [1.54, 1.807) is 6.20 Å². The van der Waals surface area contributed by atoms with Crippen LogP contribution in [0.2, 0.25) is 0 Å². The van der Waals surface area contributed by atoms with Crippen molar-refractivity contribution in [3.05, 3.63) is 18.2 Å². The fraction of sp³-hybridized carbons (Fsp3) is 0.692. The summed E-state index contributed by atoms with van der Waals surface area (Å²) in [5.41, 5.74) is -0.742. The normalized spacial score (nSPS) is 24.9. The number of nitrogens with zero attached hydrogens (tertiary/aromatic N) is 3. The number of carbonyl (C=O) groups is 1. The van der Waals surface area contributed by atoms with Gasteiger partial charge in [0.05, 0.1) is 6.54 Å². The average molecular weight is 251 g/mol. The average Bonchev–Trinajstić information content (AvgIpc) is 2.88. The van der Waals surface area contributed by atoms with Gasteiger partial charge in [0.1, 0.15) is 11.4 Å². The molecule has 1 aliphatic heterocycles. The molecule has 0 spiro atoms. The Morgan fingerprint density at radius 2 is 2.33 bits per heavy atom. The molecule has 0 amide bonds. The minimum atomic E-state index is -0.742. The number of hydrogen-bond acceptors (Lipinski definition) is 3. The number of likely N-dealkylation sites (tertiary alicyclic amines) is 1. The van der Waals surface area contributed by atoms with Crippen LogP contribution in [0.3, 0.4) is 0 Å². The van der Waals surface area contributed by atoms with Crippen molar-refractivity contribution in [2.45, 2.75) is 51.7 Å². The molecule has 0 radical (unpaired) electrons. The van der Waals surface area contributed by atoms with E-state index >= 15 is 0 Å². The van der Waals surface area contributed by atoms with Gasteiger partial charge in [-0.1, -0.05) is 0 Å². The van der Waals surface area contributed by atoms with Gasteiger partial charge in [0, 0.05) is 18.4 Å². The first kappa shape index (κ1) is 13.1. The Hall–Kier alpha value is -1.36.